The maximum atomic E-state index is 12.4. The van der Waals surface area contributed by atoms with Gasteiger partial charge in [0.1, 0.15) is 5.75 Å². The molecule has 130 valence electrons. The number of nitrogens with zero attached hydrogens (tertiary/aromatic N) is 1. The van der Waals surface area contributed by atoms with Crippen LogP contribution in [-0.4, -0.2) is 25.5 Å². The minimum atomic E-state index is -0.198. The lowest BCUT2D eigenvalue weighted by atomic mass is 10.1. The highest BCUT2D eigenvalue weighted by atomic mass is 35.5. The zero-order valence-electron chi connectivity index (χ0n) is 13.9. The summed E-state index contributed by atoms with van der Waals surface area (Å²) in [5.74, 6) is 0.560. The second-order valence-corrected chi connectivity index (χ2v) is 6.26. The van der Waals surface area contributed by atoms with Crippen LogP contribution in [0.1, 0.15) is 18.4 Å². The fraction of sp³-hybridized carbons (Fsp3) is 0.263. The number of benzene rings is 2. The highest BCUT2D eigenvalue weighted by Gasteiger charge is 2.22. The fourth-order valence-electron chi connectivity index (χ4n) is 2.91. The number of para-hydroxylation sites is 1. The summed E-state index contributed by atoms with van der Waals surface area (Å²) in [6.07, 6.45) is 1.57. The van der Waals surface area contributed by atoms with Gasteiger partial charge in [-0.25, -0.2) is 0 Å². The van der Waals surface area contributed by atoms with Crippen molar-refractivity contribution in [2.75, 3.05) is 23.9 Å². The molecule has 3 rings (SSSR count). The van der Waals surface area contributed by atoms with Gasteiger partial charge in [-0.1, -0.05) is 29.8 Å². The van der Waals surface area contributed by atoms with Gasteiger partial charge in [0, 0.05) is 24.2 Å². The van der Waals surface area contributed by atoms with Crippen molar-refractivity contribution in [3.63, 3.8) is 0 Å². The standard InChI is InChI=1S/C19H19ClN2O3/c1-25-17-6-3-2-5-13(17)11-18(23)21-16-12-14(8-9-15(16)20)22-10-4-7-19(22)24/h2-3,5-6,8-9,12H,4,7,10-11H2,1H3,(H,21,23). The third-order valence-electron chi connectivity index (χ3n) is 4.15. The first-order valence-corrected chi connectivity index (χ1v) is 8.48. The zero-order chi connectivity index (χ0) is 17.8. The molecule has 1 saturated heterocycles. The van der Waals surface area contributed by atoms with Crippen molar-refractivity contribution in [3.05, 3.63) is 53.1 Å². The number of rotatable bonds is 5. The van der Waals surface area contributed by atoms with Gasteiger partial charge in [-0.05, 0) is 30.7 Å². The minimum absolute atomic E-state index is 0.0913. The van der Waals surface area contributed by atoms with Gasteiger partial charge in [0.25, 0.3) is 0 Å². The van der Waals surface area contributed by atoms with E-state index in [1.54, 1.807) is 30.2 Å². The Kier molecular flexibility index (Phi) is 5.24. The van der Waals surface area contributed by atoms with Crippen molar-refractivity contribution in [1.82, 2.24) is 0 Å². The van der Waals surface area contributed by atoms with Crippen molar-refractivity contribution >= 4 is 34.8 Å². The molecule has 2 aromatic rings. The van der Waals surface area contributed by atoms with E-state index in [1.165, 1.54) is 0 Å². The molecular weight excluding hydrogens is 340 g/mol. The molecule has 2 aromatic carbocycles. The maximum absolute atomic E-state index is 12.4. The topological polar surface area (TPSA) is 58.6 Å². The summed E-state index contributed by atoms with van der Waals surface area (Å²) in [6.45, 7) is 0.690. The van der Waals surface area contributed by atoms with Gasteiger partial charge in [0.2, 0.25) is 11.8 Å². The lowest BCUT2D eigenvalue weighted by molar-refractivity contribution is -0.117. The first-order valence-electron chi connectivity index (χ1n) is 8.10. The average molecular weight is 359 g/mol. The van der Waals surface area contributed by atoms with E-state index in [0.29, 0.717) is 29.4 Å². The molecule has 0 radical (unpaired) electrons. The Labute approximate surface area is 151 Å². The number of methoxy groups -OCH3 is 1. The predicted molar refractivity (Wildman–Crippen MR) is 98.4 cm³/mol. The molecule has 1 fully saturated rings. The Morgan fingerprint density at radius 3 is 2.80 bits per heavy atom. The molecule has 2 amide bonds. The van der Waals surface area contributed by atoms with E-state index in [-0.39, 0.29) is 18.2 Å². The zero-order valence-corrected chi connectivity index (χ0v) is 14.7. The lowest BCUT2D eigenvalue weighted by Crippen LogP contribution is -2.24. The molecule has 0 bridgehead atoms. The molecule has 1 aliphatic heterocycles. The smallest absolute Gasteiger partial charge is 0.228 e. The molecule has 5 nitrogen and oxygen atoms in total. The average Bonchev–Trinajstić information content (AvgIpc) is 3.03. The molecule has 1 aliphatic rings. The second kappa shape index (κ2) is 7.57. The van der Waals surface area contributed by atoms with Crippen molar-refractivity contribution < 1.29 is 14.3 Å². The van der Waals surface area contributed by atoms with E-state index in [1.807, 2.05) is 24.3 Å². The number of nitrogens with one attached hydrogen (secondary N) is 1. The second-order valence-electron chi connectivity index (χ2n) is 5.85. The summed E-state index contributed by atoms with van der Waals surface area (Å²) in [5, 5.41) is 3.26. The molecule has 25 heavy (non-hydrogen) atoms. The number of carbonyl (C=O) groups excluding carboxylic acids is 2. The van der Waals surface area contributed by atoms with Crippen LogP contribution in [0.3, 0.4) is 0 Å². The van der Waals surface area contributed by atoms with Crippen LogP contribution in [-0.2, 0) is 16.0 Å². The molecule has 6 heteroatoms. The van der Waals surface area contributed by atoms with E-state index in [9.17, 15) is 9.59 Å². The van der Waals surface area contributed by atoms with E-state index in [0.717, 1.165) is 17.7 Å². The van der Waals surface area contributed by atoms with Gasteiger partial charge in [0.15, 0.2) is 0 Å². The molecule has 0 spiro atoms. The van der Waals surface area contributed by atoms with Crippen molar-refractivity contribution in [1.29, 1.82) is 0 Å². The van der Waals surface area contributed by atoms with Gasteiger partial charge < -0.3 is 15.0 Å². The van der Waals surface area contributed by atoms with E-state index in [2.05, 4.69) is 5.32 Å². The molecule has 1 heterocycles. The first-order chi connectivity index (χ1) is 12.1. The Bertz CT molecular complexity index is 807. The molecular formula is C19H19ClN2O3. The van der Waals surface area contributed by atoms with E-state index < -0.39 is 0 Å². The van der Waals surface area contributed by atoms with Gasteiger partial charge in [-0.3, -0.25) is 9.59 Å². The number of carbonyl (C=O) groups is 2. The normalized spacial score (nSPS) is 13.8. The first kappa shape index (κ1) is 17.3. The lowest BCUT2D eigenvalue weighted by Gasteiger charge is -2.17. The SMILES string of the molecule is COc1ccccc1CC(=O)Nc1cc(N2CCCC2=O)ccc1Cl. The van der Waals surface area contributed by atoms with Gasteiger partial charge in [-0.2, -0.15) is 0 Å². The van der Waals surface area contributed by atoms with Crippen LogP contribution in [0.5, 0.6) is 5.75 Å². The van der Waals surface area contributed by atoms with Gasteiger partial charge >= 0.3 is 0 Å². The predicted octanol–water partition coefficient (Wildman–Crippen LogP) is 3.66. The maximum Gasteiger partial charge on any atom is 0.228 e. The Balaban J connectivity index is 1.75. The molecule has 0 saturated carbocycles. The van der Waals surface area contributed by atoms with Crippen LogP contribution < -0.4 is 15.0 Å². The van der Waals surface area contributed by atoms with Gasteiger partial charge in [0.05, 0.1) is 24.2 Å². The monoisotopic (exact) mass is 358 g/mol. The number of ether oxygens (including phenoxy) is 1. The van der Waals surface area contributed by atoms with Gasteiger partial charge in [-0.15, -0.1) is 0 Å². The summed E-state index contributed by atoms with van der Waals surface area (Å²) >= 11 is 6.20. The largest absolute Gasteiger partial charge is 0.496 e. The van der Waals surface area contributed by atoms with E-state index in [4.69, 9.17) is 16.3 Å². The summed E-state index contributed by atoms with van der Waals surface area (Å²) < 4.78 is 5.27. The number of hydrogen-bond donors (Lipinski definition) is 1. The number of amides is 2. The Morgan fingerprint density at radius 2 is 2.08 bits per heavy atom. The van der Waals surface area contributed by atoms with Crippen LogP contribution >= 0.6 is 11.6 Å². The third-order valence-corrected chi connectivity index (χ3v) is 4.48. The summed E-state index contributed by atoms with van der Waals surface area (Å²) in [7, 11) is 1.57. The summed E-state index contributed by atoms with van der Waals surface area (Å²) in [5.41, 5.74) is 2.04. The van der Waals surface area contributed by atoms with Crippen molar-refractivity contribution in [2.45, 2.75) is 19.3 Å². The Morgan fingerprint density at radius 1 is 1.28 bits per heavy atom. The molecule has 0 aromatic heterocycles. The van der Waals surface area contributed by atoms with Crippen molar-refractivity contribution in [2.24, 2.45) is 0 Å². The minimum Gasteiger partial charge on any atom is -0.496 e. The highest BCUT2D eigenvalue weighted by molar-refractivity contribution is 6.33. The third kappa shape index (κ3) is 3.94. The number of anilines is 2. The molecule has 0 atom stereocenters. The fourth-order valence-corrected chi connectivity index (χ4v) is 3.08. The highest BCUT2D eigenvalue weighted by Crippen LogP contribution is 2.30. The van der Waals surface area contributed by atoms with Crippen LogP contribution in [0.2, 0.25) is 5.02 Å². The Hall–Kier alpha value is -2.53. The molecule has 0 unspecified atom stereocenters. The summed E-state index contributed by atoms with van der Waals surface area (Å²) in [4.78, 5) is 26.0. The van der Waals surface area contributed by atoms with Crippen LogP contribution in [0.4, 0.5) is 11.4 Å². The van der Waals surface area contributed by atoms with Crippen LogP contribution in [0.15, 0.2) is 42.5 Å². The molecule has 1 N–H and O–H groups in total. The number of halogens is 1. The summed E-state index contributed by atoms with van der Waals surface area (Å²) in [6, 6.07) is 12.6. The van der Waals surface area contributed by atoms with Crippen LogP contribution in [0.25, 0.3) is 0 Å². The van der Waals surface area contributed by atoms with Crippen molar-refractivity contribution in [3.8, 4) is 5.75 Å². The number of hydrogen-bond acceptors (Lipinski definition) is 3. The van der Waals surface area contributed by atoms with Crippen LogP contribution in [0, 0.1) is 0 Å². The quantitative estimate of drug-likeness (QED) is 0.887. The van der Waals surface area contributed by atoms with E-state index >= 15 is 0 Å². The molecule has 0 aliphatic carbocycles.